The second kappa shape index (κ2) is 12.1. The Morgan fingerprint density at radius 2 is 1.27 bits per heavy atom. The maximum Gasteiger partial charge on any atom is 0.319 e. The van der Waals surface area contributed by atoms with Crippen LogP contribution in [0.15, 0.2) is 99.6 Å². The van der Waals surface area contributed by atoms with E-state index < -0.39 is 16.9 Å². The summed E-state index contributed by atoms with van der Waals surface area (Å²) in [4.78, 5) is 27.6. The van der Waals surface area contributed by atoms with E-state index in [1.165, 1.54) is 9.79 Å². The lowest BCUT2D eigenvalue weighted by Gasteiger charge is -2.21. The van der Waals surface area contributed by atoms with Crippen molar-refractivity contribution in [2.45, 2.75) is 52.8 Å². The third-order valence-electron chi connectivity index (χ3n) is 4.95. The molecule has 6 heteroatoms. The Morgan fingerprint density at radius 1 is 0.788 bits per heavy atom. The monoisotopic (exact) mass is 527 g/mol. The molecule has 2 atom stereocenters. The van der Waals surface area contributed by atoms with E-state index in [4.69, 9.17) is 9.47 Å². The van der Waals surface area contributed by atoms with Crippen molar-refractivity contribution in [3.05, 3.63) is 84.9 Å². The predicted octanol–water partition coefficient (Wildman–Crippen LogP) is 6.43. The molecule has 0 spiro atoms. The average Bonchev–Trinajstić information content (AvgIpc) is 2.81. The van der Waals surface area contributed by atoms with Gasteiger partial charge in [-0.1, -0.05) is 66.2 Å². The quantitative estimate of drug-likeness (QED) is 0.139. The van der Waals surface area contributed by atoms with E-state index >= 15 is 0 Å². The molecule has 0 bridgehead atoms. The van der Waals surface area contributed by atoms with Gasteiger partial charge in [-0.15, -0.1) is 0 Å². The molecule has 3 rings (SSSR count). The molecule has 3 aromatic rings. The van der Waals surface area contributed by atoms with Gasteiger partial charge in [-0.2, -0.15) is 0 Å². The number of hydrogen-bond acceptors (Lipinski definition) is 4. The topological polar surface area (TPSA) is 52.6 Å². The lowest BCUT2D eigenvalue weighted by molar-refractivity contribution is -0.153. The molecule has 0 aliphatic carbocycles. The van der Waals surface area contributed by atoms with Gasteiger partial charge in [0.15, 0.2) is 14.7 Å². The number of rotatable bonds is 9. The number of ether oxygens (including phenoxy) is 2. The van der Waals surface area contributed by atoms with Gasteiger partial charge in [0.1, 0.15) is 16.7 Å². The highest BCUT2D eigenvalue weighted by Gasteiger charge is 2.29. The maximum atomic E-state index is 12.5. The first kappa shape index (κ1) is 25.1. The fourth-order valence-electron chi connectivity index (χ4n) is 3.16. The summed E-state index contributed by atoms with van der Waals surface area (Å²) in [5.41, 5.74) is 0. The fraction of sp³-hybridized carbons (Fsp3) is 0.259. The van der Waals surface area contributed by atoms with Crippen LogP contribution in [0.5, 0.6) is 5.75 Å². The third-order valence-corrected chi connectivity index (χ3v) is 7.56. The zero-order chi connectivity index (χ0) is 23.8. The Morgan fingerprint density at radius 3 is 1.73 bits per heavy atom. The zero-order valence-electron chi connectivity index (χ0n) is 18.9. The highest BCUT2D eigenvalue weighted by atomic mass is 79.9. The van der Waals surface area contributed by atoms with Crippen molar-refractivity contribution < 1.29 is 19.1 Å². The van der Waals surface area contributed by atoms with E-state index in [1.807, 2.05) is 74.5 Å². The molecule has 0 aromatic heterocycles. The molecule has 0 saturated heterocycles. The molecule has 0 fully saturated rings. The molecule has 172 valence electrons. The van der Waals surface area contributed by atoms with Gasteiger partial charge >= 0.3 is 11.9 Å². The number of alkyl halides is 1. The Hall–Kier alpha value is -2.57. The molecule has 0 aliphatic heterocycles. The van der Waals surface area contributed by atoms with E-state index in [0.29, 0.717) is 5.75 Å². The summed E-state index contributed by atoms with van der Waals surface area (Å²) in [7, 11) is -0.265. The van der Waals surface area contributed by atoms with Crippen molar-refractivity contribution in [2.24, 2.45) is 5.92 Å². The van der Waals surface area contributed by atoms with Crippen LogP contribution < -0.4 is 4.74 Å². The standard InChI is InChI=1S/C27H28BrO4S/c1-19(2)25(32-27(30)20(3)28)18-26(29)31-21-14-16-24(17-15-21)33(22-10-6-4-7-11-22)23-12-8-5-9-13-23/h4-17,19-20,25H,18H2,1-3H3/q+1. The minimum atomic E-state index is -0.536. The van der Waals surface area contributed by atoms with Gasteiger partial charge in [0, 0.05) is 0 Å². The lowest BCUT2D eigenvalue weighted by atomic mass is 10.0. The minimum Gasteiger partial charge on any atom is -0.461 e. The van der Waals surface area contributed by atoms with Crippen molar-refractivity contribution >= 4 is 38.8 Å². The molecule has 0 amide bonds. The van der Waals surface area contributed by atoms with Crippen molar-refractivity contribution in [1.29, 1.82) is 0 Å². The summed E-state index contributed by atoms with van der Waals surface area (Å²) in [6.07, 6.45) is -0.533. The largest absolute Gasteiger partial charge is 0.461 e. The first-order valence-electron chi connectivity index (χ1n) is 10.8. The molecular formula is C27H28BrO4S+. The molecule has 0 heterocycles. The van der Waals surface area contributed by atoms with Gasteiger partial charge in [-0.25, -0.2) is 0 Å². The van der Waals surface area contributed by atoms with Crippen LogP contribution in [0.25, 0.3) is 0 Å². The predicted molar refractivity (Wildman–Crippen MR) is 135 cm³/mol. The molecule has 2 unspecified atom stereocenters. The fourth-order valence-corrected chi connectivity index (χ4v) is 5.35. The van der Waals surface area contributed by atoms with Gasteiger partial charge in [0.25, 0.3) is 0 Å². The summed E-state index contributed by atoms with van der Waals surface area (Å²) in [6.45, 7) is 5.51. The molecule has 3 aromatic carbocycles. The Bertz CT molecular complexity index is 997. The second-order valence-corrected chi connectivity index (χ2v) is 11.3. The summed E-state index contributed by atoms with van der Waals surface area (Å²) in [6, 6.07) is 28.4. The Kier molecular flexibility index (Phi) is 9.15. The molecule has 0 N–H and O–H groups in total. The van der Waals surface area contributed by atoms with E-state index in [9.17, 15) is 9.59 Å². The zero-order valence-corrected chi connectivity index (χ0v) is 21.3. The van der Waals surface area contributed by atoms with E-state index in [1.54, 1.807) is 6.92 Å². The number of halogens is 1. The summed E-state index contributed by atoms with van der Waals surface area (Å²) < 4.78 is 11.0. The molecular weight excluding hydrogens is 500 g/mol. The van der Waals surface area contributed by atoms with Crippen LogP contribution in [-0.2, 0) is 25.2 Å². The summed E-state index contributed by atoms with van der Waals surface area (Å²) in [5.74, 6) is -0.355. The third kappa shape index (κ3) is 7.21. The summed E-state index contributed by atoms with van der Waals surface area (Å²) >= 11 is 3.20. The highest BCUT2D eigenvalue weighted by molar-refractivity contribution is 9.10. The Labute approximate surface area is 206 Å². The smallest absolute Gasteiger partial charge is 0.319 e. The normalized spacial score (nSPS) is 12.9. The minimum absolute atomic E-state index is 0.00326. The molecule has 0 radical (unpaired) electrons. The average molecular weight is 528 g/mol. The number of carbonyl (C=O) groups excluding carboxylic acids is 2. The van der Waals surface area contributed by atoms with E-state index in [2.05, 4.69) is 40.2 Å². The van der Waals surface area contributed by atoms with Crippen LogP contribution >= 0.6 is 15.9 Å². The van der Waals surface area contributed by atoms with E-state index in [-0.39, 0.29) is 29.2 Å². The van der Waals surface area contributed by atoms with Gasteiger partial charge in [-0.05, 0) is 61.4 Å². The molecule has 4 nitrogen and oxygen atoms in total. The molecule has 0 aliphatic rings. The lowest BCUT2D eigenvalue weighted by Crippen LogP contribution is -2.30. The molecule has 33 heavy (non-hydrogen) atoms. The first-order valence-corrected chi connectivity index (χ1v) is 13.0. The van der Waals surface area contributed by atoms with Gasteiger partial charge < -0.3 is 9.47 Å². The van der Waals surface area contributed by atoms with Gasteiger partial charge in [0.2, 0.25) is 0 Å². The van der Waals surface area contributed by atoms with Gasteiger partial charge in [0.05, 0.1) is 17.3 Å². The number of hydrogen-bond donors (Lipinski definition) is 0. The molecule has 0 saturated carbocycles. The van der Waals surface area contributed by atoms with Crippen molar-refractivity contribution in [1.82, 2.24) is 0 Å². The van der Waals surface area contributed by atoms with Crippen molar-refractivity contribution in [2.75, 3.05) is 0 Å². The SMILES string of the molecule is CC(Br)C(=O)OC(CC(=O)Oc1ccc([S+](c2ccccc2)c2ccccc2)cc1)C(C)C. The van der Waals surface area contributed by atoms with Gasteiger partial charge in [-0.3, -0.25) is 9.59 Å². The van der Waals surface area contributed by atoms with Crippen molar-refractivity contribution in [3.8, 4) is 5.75 Å². The van der Waals surface area contributed by atoms with Crippen molar-refractivity contribution in [3.63, 3.8) is 0 Å². The van der Waals surface area contributed by atoms with Crippen LogP contribution in [0.2, 0.25) is 0 Å². The van der Waals surface area contributed by atoms with Crippen LogP contribution in [0.1, 0.15) is 27.2 Å². The second-order valence-electron chi connectivity index (χ2n) is 7.92. The number of benzene rings is 3. The Balaban J connectivity index is 1.73. The van der Waals surface area contributed by atoms with Crippen LogP contribution in [0.4, 0.5) is 0 Å². The summed E-state index contributed by atoms with van der Waals surface area (Å²) in [5, 5.41) is 0. The van der Waals surface area contributed by atoms with Crippen LogP contribution in [-0.4, -0.2) is 22.9 Å². The maximum absolute atomic E-state index is 12.5. The van der Waals surface area contributed by atoms with E-state index in [0.717, 1.165) is 4.90 Å². The number of esters is 2. The van der Waals surface area contributed by atoms with Crippen LogP contribution in [0.3, 0.4) is 0 Å². The first-order chi connectivity index (χ1) is 15.8. The highest BCUT2D eigenvalue weighted by Crippen LogP contribution is 2.32. The van der Waals surface area contributed by atoms with Crippen LogP contribution in [0, 0.1) is 5.92 Å². The number of carbonyl (C=O) groups is 2.